The molecule has 0 aliphatic heterocycles. The highest BCUT2D eigenvalue weighted by molar-refractivity contribution is 6.32. The van der Waals surface area contributed by atoms with E-state index in [0.29, 0.717) is 6.29 Å². The molecule has 70 valence electrons. The summed E-state index contributed by atoms with van der Waals surface area (Å²) < 4.78 is 24.4. The number of aromatic nitrogens is 1. The summed E-state index contributed by atoms with van der Waals surface area (Å²) in [4.78, 5) is 13.8. The van der Waals surface area contributed by atoms with Gasteiger partial charge in [0.15, 0.2) is 6.29 Å². The van der Waals surface area contributed by atoms with Gasteiger partial charge in [-0.2, -0.15) is 0 Å². The summed E-state index contributed by atoms with van der Waals surface area (Å²) in [5.74, 6) is 0. The monoisotopic (exact) mass is 206 g/mol. The third kappa shape index (κ3) is 1.75. The van der Waals surface area contributed by atoms with E-state index >= 15 is 0 Å². The lowest BCUT2D eigenvalue weighted by atomic mass is 10.1. The summed E-state index contributed by atoms with van der Waals surface area (Å²) in [5.41, 5.74) is 4.27. The lowest BCUT2D eigenvalue weighted by Crippen LogP contribution is -2.02. The number of pyridine rings is 1. The van der Waals surface area contributed by atoms with Crippen LogP contribution in [0.25, 0.3) is 0 Å². The molecule has 0 aliphatic rings. The number of hydrogen-bond donors (Lipinski definition) is 1. The molecule has 0 amide bonds. The van der Waals surface area contributed by atoms with Gasteiger partial charge < -0.3 is 5.73 Å². The van der Waals surface area contributed by atoms with Crippen LogP contribution in [-0.4, -0.2) is 11.3 Å². The van der Waals surface area contributed by atoms with Crippen molar-refractivity contribution in [2.45, 2.75) is 6.43 Å². The minimum atomic E-state index is -2.76. The largest absolute Gasteiger partial charge is 0.398 e. The predicted octanol–water partition coefficient (Wildman–Crippen LogP) is 2.07. The number of carbonyl (C=O) groups excluding carboxylic acids is 1. The molecular formula is C7H5ClF2N2O. The van der Waals surface area contributed by atoms with Crippen molar-refractivity contribution < 1.29 is 13.6 Å². The van der Waals surface area contributed by atoms with E-state index in [1.165, 1.54) is 0 Å². The van der Waals surface area contributed by atoms with Gasteiger partial charge in [0.1, 0.15) is 5.15 Å². The predicted molar refractivity (Wildman–Crippen MR) is 44.0 cm³/mol. The Kier molecular flexibility index (Phi) is 2.77. The van der Waals surface area contributed by atoms with E-state index in [-0.39, 0.29) is 16.4 Å². The molecule has 0 saturated carbocycles. The fourth-order valence-electron chi connectivity index (χ4n) is 0.818. The van der Waals surface area contributed by atoms with E-state index in [1.54, 1.807) is 0 Å². The number of rotatable bonds is 2. The van der Waals surface area contributed by atoms with Crippen LogP contribution < -0.4 is 5.73 Å². The van der Waals surface area contributed by atoms with Gasteiger partial charge in [0.25, 0.3) is 6.43 Å². The van der Waals surface area contributed by atoms with Crippen LogP contribution in [0.5, 0.6) is 0 Å². The summed E-state index contributed by atoms with van der Waals surface area (Å²) in [6.07, 6.45) is -1.60. The van der Waals surface area contributed by atoms with Crippen LogP contribution in [0.3, 0.4) is 0 Å². The Bertz CT molecular complexity index is 344. The number of halogens is 3. The molecule has 1 aromatic heterocycles. The van der Waals surface area contributed by atoms with E-state index in [4.69, 9.17) is 17.3 Å². The summed E-state index contributed by atoms with van der Waals surface area (Å²) in [6, 6.07) is 0. The Labute approximate surface area is 77.5 Å². The third-order valence-electron chi connectivity index (χ3n) is 1.49. The molecule has 0 saturated heterocycles. The Balaban J connectivity index is 3.35. The van der Waals surface area contributed by atoms with Crippen LogP contribution in [0.4, 0.5) is 14.5 Å². The van der Waals surface area contributed by atoms with Gasteiger partial charge in [0, 0.05) is 6.20 Å². The number of aldehydes is 1. The number of anilines is 1. The van der Waals surface area contributed by atoms with Crippen molar-refractivity contribution >= 4 is 23.6 Å². The van der Waals surface area contributed by atoms with Gasteiger partial charge in [-0.3, -0.25) is 4.79 Å². The molecule has 13 heavy (non-hydrogen) atoms. The zero-order chi connectivity index (χ0) is 10.0. The van der Waals surface area contributed by atoms with E-state index in [9.17, 15) is 13.6 Å². The van der Waals surface area contributed by atoms with Crippen LogP contribution in [0.15, 0.2) is 6.20 Å². The lowest BCUT2D eigenvalue weighted by Gasteiger charge is -2.06. The highest BCUT2D eigenvalue weighted by atomic mass is 35.5. The normalized spacial score (nSPS) is 10.5. The molecule has 6 heteroatoms. The summed E-state index contributed by atoms with van der Waals surface area (Å²) in [7, 11) is 0. The molecule has 2 N–H and O–H groups in total. The van der Waals surface area contributed by atoms with Gasteiger partial charge in [-0.1, -0.05) is 11.6 Å². The number of nitrogens with two attached hydrogens (primary N) is 1. The molecule has 0 radical (unpaired) electrons. The number of nitrogens with zero attached hydrogens (tertiary/aromatic N) is 1. The van der Waals surface area contributed by atoms with Crippen LogP contribution in [0.2, 0.25) is 5.15 Å². The van der Waals surface area contributed by atoms with Crippen LogP contribution >= 0.6 is 11.6 Å². The number of hydrogen-bond acceptors (Lipinski definition) is 3. The average Bonchev–Trinajstić information content (AvgIpc) is 2.04. The molecule has 0 unspecified atom stereocenters. The van der Waals surface area contributed by atoms with Gasteiger partial charge in [-0.05, 0) is 0 Å². The number of carbonyl (C=O) groups is 1. The summed E-state index contributed by atoms with van der Waals surface area (Å²) in [6.45, 7) is 0. The zero-order valence-corrected chi connectivity index (χ0v) is 7.05. The highest BCUT2D eigenvalue weighted by Gasteiger charge is 2.16. The van der Waals surface area contributed by atoms with Crippen molar-refractivity contribution in [3.8, 4) is 0 Å². The molecule has 0 aliphatic carbocycles. The first-order valence-corrected chi connectivity index (χ1v) is 3.63. The molecule has 1 heterocycles. The van der Waals surface area contributed by atoms with Crippen molar-refractivity contribution in [2.24, 2.45) is 0 Å². The molecule has 0 spiro atoms. The van der Waals surface area contributed by atoms with Gasteiger partial charge in [-0.25, -0.2) is 13.8 Å². The first-order valence-electron chi connectivity index (χ1n) is 3.25. The Morgan fingerprint density at radius 1 is 1.62 bits per heavy atom. The van der Waals surface area contributed by atoms with Crippen molar-refractivity contribution in [1.29, 1.82) is 0 Å². The number of nitrogen functional groups attached to an aromatic ring is 1. The standard InChI is InChI=1S/C7H5ClF2N2O/c8-6-4(2-13)5(11)3(1-12-6)7(9)10/h1-2,7H,(H2,11,12). The van der Waals surface area contributed by atoms with Gasteiger partial charge in [-0.15, -0.1) is 0 Å². The van der Waals surface area contributed by atoms with Crippen LogP contribution in [0, 0.1) is 0 Å². The molecule has 0 fully saturated rings. The van der Waals surface area contributed by atoms with E-state index in [2.05, 4.69) is 4.98 Å². The molecule has 3 nitrogen and oxygen atoms in total. The molecule has 0 bridgehead atoms. The van der Waals surface area contributed by atoms with E-state index < -0.39 is 12.0 Å². The van der Waals surface area contributed by atoms with Crippen LogP contribution in [-0.2, 0) is 0 Å². The second-order valence-electron chi connectivity index (χ2n) is 2.25. The topological polar surface area (TPSA) is 56.0 Å². The second kappa shape index (κ2) is 3.66. The molecule has 0 aromatic carbocycles. The zero-order valence-electron chi connectivity index (χ0n) is 6.30. The minimum Gasteiger partial charge on any atom is -0.398 e. The van der Waals surface area contributed by atoms with E-state index in [1.807, 2.05) is 0 Å². The SMILES string of the molecule is Nc1c(C(F)F)cnc(Cl)c1C=O. The van der Waals surface area contributed by atoms with E-state index in [0.717, 1.165) is 6.20 Å². The third-order valence-corrected chi connectivity index (χ3v) is 1.79. The molecular weight excluding hydrogens is 202 g/mol. The van der Waals surface area contributed by atoms with Crippen molar-refractivity contribution in [3.05, 3.63) is 22.5 Å². The number of alkyl halides is 2. The average molecular weight is 207 g/mol. The molecule has 1 aromatic rings. The Hall–Kier alpha value is -1.23. The highest BCUT2D eigenvalue weighted by Crippen LogP contribution is 2.29. The smallest absolute Gasteiger partial charge is 0.267 e. The minimum absolute atomic E-state index is 0.170. The molecule has 1 rings (SSSR count). The van der Waals surface area contributed by atoms with Gasteiger partial charge in [0.2, 0.25) is 0 Å². The first-order chi connectivity index (χ1) is 6.07. The summed E-state index contributed by atoms with van der Waals surface area (Å²) >= 11 is 5.44. The first kappa shape index (κ1) is 9.85. The fourth-order valence-corrected chi connectivity index (χ4v) is 1.01. The Morgan fingerprint density at radius 3 is 2.69 bits per heavy atom. The quantitative estimate of drug-likeness (QED) is 0.595. The second-order valence-corrected chi connectivity index (χ2v) is 2.61. The van der Waals surface area contributed by atoms with Gasteiger partial charge in [0.05, 0.1) is 16.8 Å². The van der Waals surface area contributed by atoms with Crippen molar-refractivity contribution in [2.75, 3.05) is 5.73 Å². The molecule has 0 atom stereocenters. The maximum Gasteiger partial charge on any atom is 0.267 e. The van der Waals surface area contributed by atoms with Crippen LogP contribution in [0.1, 0.15) is 22.3 Å². The summed E-state index contributed by atoms with van der Waals surface area (Å²) in [5, 5.41) is -0.170. The fraction of sp³-hybridized carbons (Fsp3) is 0.143. The van der Waals surface area contributed by atoms with Gasteiger partial charge >= 0.3 is 0 Å². The van der Waals surface area contributed by atoms with Crippen molar-refractivity contribution in [3.63, 3.8) is 0 Å². The maximum absolute atomic E-state index is 12.2. The Morgan fingerprint density at radius 2 is 2.23 bits per heavy atom. The lowest BCUT2D eigenvalue weighted by molar-refractivity contribution is 0.112. The van der Waals surface area contributed by atoms with Crippen molar-refractivity contribution in [1.82, 2.24) is 4.98 Å². The maximum atomic E-state index is 12.2.